The molecule has 6 nitrogen and oxygen atoms in total. The SMILES string of the molecule is C[C@H]1[C@H](NC(=O)c2ccc(-c3nnc(Cl)o3)s2)C2CCN1CC2. The predicted molar refractivity (Wildman–Crippen MR) is 87.6 cm³/mol. The Morgan fingerprint density at radius 3 is 2.83 bits per heavy atom. The number of fused-ring (bicyclic) bond motifs is 3. The minimum atomic E-state index is -0.0301. The highest BCUT2D eigenvalue weighted by molar-refractivity contribution is 7.17. The topological polar surface area (TPSA) is 71.3 Å². The first kappa shape index (κ1) is 15.1. The number of carbonyl (C=O) groups excluding carboxylic acids is 1. The summed E-state index contributed by atoms with van der Waals surface area (Å²) in [5, 5.41) is 10.7. The third-order valence-electron chi connectivity index (χ3n) is 4.92. The van der Waals surface area contributed by atoms with Crippen LogP contribution in [-0.4, -0.2) is 46.2 Å². The lowest BCUT2D eigenvalue weighted by atomic mass is 9.79. The van der Waals surface area contributed by atoms with E-state index in [4.69, 9.17) is 16.0 Å². The molecule has 0 saturated carbocycles. The van der Waals surface area contributed by atoms with Crippen molar-refractivity contribution < 1.29 is 9.21 Å². The molecule has 3 fully saturated rings. The minimum Gasteiger partial charge on any atom is -0.407 e. The Hall–Kier alpha value is -1.44. The summed E-state index contributed by atoms with van der Waals surface area (Å²) in [7, 11) is 0. The molecule has 1 amide bonds. The maximum absolute atomic E-state index is 12.6. The second-order valence-electron chi connectivity index (χ2n) is 6.14. The molecule has 8 heteroatoms. The molecule has 0 radical (unpaired) electrons. The predicted octanol–water partition coefficient (Wildman–Crippen LogP) is 2.66. The standard InChI is InChI=1S/C15H17ClN4O2S/c1-8-12(9-4-6-20(8)7-5-9)17-13(21)10-2-3-11(23-10)14-18-19-15(16)22-14/h2-3,8-9,12H,4-7H2,1H3,(H,17,21)/t8-,12-/m0/s1. The lowest BCUT2D eigenvalue weighted by Crippen LogP contribution is -2.62. The summed E-state index contributed by atoms with van der Waals surface area (Å²) < 4.78 is 5.19. The molecular weight excluding hydrogens is 336 g/mol. The fraction of sp³-hybridized carbons (Fsp3) is 0.533. The number of nitrogens with one attached hydrogen (secondary N) is 1. The minimum absolute atomic E-state index is 0.000469. The molecule has 2 bridgehead atoms. The van der Waals surface area contributed by atoms with Gasteiger partial charge in [-0.05, 0) is 62.5 Å². The van der Waals surface area contributed by atoms with E-state index in [1.54, 1.807) is 6.07 Å². The monoisotopic (exact) mass is 352 g/mol. The van der Waals surface area contributed by atoms with Crippen LogP contribution >= 0.6 is 22.9 Å². The summed E-state index contributed by atoms with van der Waals surface area (Å²) in [6.07, 6.45) is 2.34. The summed E-state index contributed by atoms with van der Waals surface area (Å²) in [5.74, 6) is 0.904. The van der Waals surface area contributed by atoms with Crippen LogP contribution in [0.3, 0.4) is 0 Å². The number of carbonyl (C=O) groups is 1. The van der Waals surface area contributed by atoms with Crippen LogP contribution in [0.25, 0.3) is 10.8 Å². The maximum Gasteiger partial charge on any atom is 0.313 e. The van der Waals surface area contributed by atoms with Crippen molar-refractivity contribution in [1.29, 1.82) is 0 Å². The highest BCUT2D eigenvalue weighted by atomic mass is 35.5. The van der Waals surface area contributed by atoms with E-state index in [0.717, 1.165) is 18.0 Å². The van der Waals surface area contributed by atoms with Gasteiger partial charge in [0.25, 0.3) is 11.8 Å². The Morgan fingerprint density at radius 1 is 1.39 bits per heavy atom. The summed E-state index contributed by atoms with van der Waals surface area (Å²) >= 11 is 6.98. The molecule has 2 aromatic heterocycles. The number of amides is 1. The van der Waals surface area contributed by atoms with Gasteiger partial charge < -0.3 is 9.73 Å². The summed E-state index contributed by atoms with van der Waals surface area (Å²) in [4.78, 5) is 16.4. The lowest BCUT2D eigenvalue weighted by Gasteiger charge is -2.49. The molecule has 5 heterocycles. The quantitative estimate of drug-likeness (QED) is 0.919. The molecule has 2 atom stereocenters. The van der Waals surface area contributed by atoms with Crippen molar-refractivity contribution in [2.24, 2.45) is 5.92 Å². The Bertz CT molecular complexity index is 721. The highest BCUT2D eigenvalue weighted by Crippen LogP contribution is 2.33. The van der Waals surface area contributed by atoms with Crippen LogP contribution in [0.5, 0.6) is 0 Å². The Kier molecular flexibility index (Phi) is 3.87. The van der Waals surface area contributed by atoms with Gasteiger partial charge in [-0.15, -0.1) is 16.4 Å². The summed E-state index contributed by atoms with van der Waals surface area (Å²) in [6, 6.07) is 4.23. The molecule has 2 aromatic rings. The molecule has 0 aliphatic carbocycles. The molecule has 5 rings (SSSR count). The number of aromatic nitrogens is 2. The molecule has 122 valence electrons. The molecule has 3 aliphatic rings. The Morgan fingerprint density at radius 2 is 2.17 bits per heavy atom. The molecule has 3 aliphatic heterocycles. The Labute approximate surface area is 142 Å². The molecule has 0 aromatic carbocycles. The third kappa shape index (κ3) is 2.77. The number of rotatable bonds is 3. The smallest absolute Gasteiger partial charge is 0.313 e. The molecule has 23 heavy (non-hydrogen) atoms. The largest absolute Gasteiger partial charge is 0.407 e. The van der Waals surface area contributed by atoms with Crippen molar-refractivity contribution in [3.63, 3.8) is 0 Å². The number of thiophene rings is 1. The number of hydrogen-bond donors (Lipinski definition) is 1. The third-order valence-corrected chi connectivity index (χ3v) is 6.14. The van der Waals surface area contributed by atoms with E-state index in [1.807, 2.05) is 6.07 Å². The van der Waals surface area contributed by atoms with E-state index >= 15 is 0 Å². The van der Waals surface area contributed by atoms with Crippen molar-refractivity contribution in [2.75, 3.05) is 13.1 Å². The van der Waals surface area contributed by atoms with E-state index in [0.29, 0.717) is 22.7 Å². The van der Waals surface area contributed by atoms with Gasteiger partial charge in [0.2, 0.25) is 0 Å². The van der Waals surface area contributed by atoms with E-state index < -0.39 is 0 Å². The van der Waals surface area contributed by atoms with Crippen molar-refractivity contribution >= 4 is 28.8 Å². The second-order valence-corrected chi connectivity index (χ2v) is 7.54. The van der Waals surface area contributed by atoms with Crippen molar-refractivity contribution in [3.8, 4) is 10.8 Å². The van der Waals surface area contributed by atoms with Gasteiger partial charge in [-0.2, -0.15) is 0 Å². The fourth-order valence-electron chi connectivity index (χ4n) is 3.65. The number of nitrogens with zero attached hydrogens (tertiary/aromatic N) is 3. The highest BCUT2D eigenvalue weighted by Gasteiger charge is 2.40. The van der Waals surface area contributed by atoms with Gasteiger partial charge >= 0.3 is 5.35 Å². The zero-order chi connectivity index (χ0) is 16.0. The van der Waals surface area contributed by atoms with E-state index in [-0.39, 0.29) is 17.3 Å². The van der Waals surface area contributed by atoms with Crippen molar-refractivity contribution in [1.82, 2.24) is 20.4 Å². The number of halogens is 1. The van der Waals surface area contributed by atoms with Gasteiger partial charge in [0.15, 0.2) is 0 Å². The molecule has 1 N–H and O–H groups in total. The first-order valence-electron chi connectivity index (χ1n) is 7.76. The molecular formula is C15H17ClN4O2S. The summed E-state index contributed by atoms with van der Waals surface area (Å²) in [5.41, 5.74) is 0. The maximum atomic E-state index is 12.6. The molecule has 0 unspecified atom stereocenters. The Balaban J connectivity index is 1.48. The average Bonchev–Trinajstić information content (AvgIpc) is 3.20. The summed E-state index contributed by atoms with van der Waals surface area (Å²) in [6.45, 7) is 4.51. The van der Waals surface area contributed by atoms with Gasteiger partial charge in [-0.1, -0.05) is 5.10 Å². The van der Waals surface area contributed by atoms with E-state index in [9.17, 15) is 4.79 Å². The fourth-order valence-corrected chi connectivity index (χ4v) is 4.59. The van der Waals surface area contributed by atoms with Gasteiger partial charge in [-0.3, -0.25) is 9.69 Å². The van der Waals surface area contributed by atoms with Gasteiger partial charge in [0.1, 0.15) is 0 Å². The molecule has 3 saturated heterocycles. The van der Waals surface area contributed by atoms with Crippen LogP contribution in [0.4, 0.5) is 0 Å². The van der Waals surface area contributed by atoms with Crippen LogP contribution in [0.2, 0.25) is 5.35 Å². The molecule has 0 spiro atoms. The first-order chi connectivity index (χ1) is 11.1. The van der Waals surface area contributed by atoms with Crippen LogP contribution < -0.4 is 5.32 Å². The van der Waals surface area contributed by atoms with Crippen LogP contribution in [0.15, 0.2) is 16.5 Å². The second kappa shape index (κ2) is 5.89. The van der Waals surface area contributed by atoms with Gasteiger partial charge in [-0.25, -0.2) is 0 Å². The van der Waals surface area contributed by atoms with Gasteiger partial charge in [0.05, 0.1) is 9.75 Å². The van der Waals surface area contributed by atoms with E-state index in [1.165, 1.54) is 24.2 Å². The average molecular weight is 353 g/mol. The van der Waals surface area contributed by atoms with Crippen molar-refractivity contribution in [2.45, 2.75) is 31.8 Å². The normalized spacial score (nSPS) is 29.7. The lowest BCUT2D eigenvalue weighted by molar-refractivity contribution is 0.0218. The van der Waals surface area contributed by atoms with E-state index in [2.05, 4.69) is 27.3 Å². The van der Waals surface area contributed by atoms with Crippen LogP contribution in [0, 0.1) is 5.92 Å². The van der Waals surface area contributed by atoms with Crippen LogP contribution in [0.1, 0.15) is 29.4 Å². The van der Waals surface area contributed by atoms with Crippen molar-refractivity contribution in [3.05, 3.63) is 22.4 Å². The number of piperidine rings is 3. The zero-order valence-corrected chi connectivity index (χ0v) is 14.2. The van der Waals surface area contributed by atoms with Gasteiger partial charge in [0, 0.05) is 12.1 Å². The zero-order valence-electron chi connectivity index (χ0n) is 12.7. The number of hydrogen-bond acceptors (Lipinski definition) is 6. The van der Waals surface area contributed by atoms with Crippen LogP contribution in [-0.2, 0) is 0 Å². The first-order valence-corrected chi connectivity index (χ1v) is 8.95.